The van der Waals surface area contributed by atoms with Crippen molar-refractivity contribution in [2.45, 2.75) is 0 Å². The molecule has 0 bridgehead atoms. The van der Waals surface area contributed by atoms with Crippen molar-refractivity contribution in [3.63, 3.8) is 0 Å². The van der Waals surface area contributed by atoms with E-state index in [2.05, 4.69) is 15.3 Å². The summed E-state index contributed by atoms with van der Waals surface area (Å²) in [5.41, 5.74) is 13.1. The summed E-state index contributed by atoms with van der Waals surface area (Å²) in [7, 11) is 0. The van der Waals surface area contributed by atoms with E-state index in [0.717, 1.165) is 0 Å². The molecule has 5 N–H and O–H groups in total. The fourth-order valence-corrected chi connectivity index (χ4v) is 2.25. The first-order valence-electron chi connectivity index (χ1n) is 7.44. The molecule has 25 heavy (non-hydrogen) atoms. The fourth-order valence-electron chi connectivity index (χ4n) is 2.25. The predicted octanol–water partition coefficient (Wildman–Crippen LogP) is 2.08. The largest absolute Gasteiger partial charge is 0.382 e. The van der Waals surface area contributed by atoms with Gasteiger partial charge in [-0.05, 0) is 24.3 Å². The first kappa shape index (κ1) is 16.1. The molecule has 3 rings (SSSR count). The highest BCUT2D eigenvalue weighted by Gasteiger charge is 2.15. The number of primary amides is 1. The molecule has 2 aromatic carbocycles. The molecule has 124 valence electrons. The zero-order chi connectivity index (χ0) is 17.8. The molecule has 7 heteroatoms. The molecule has 0 fully saturated rings. The van der Waals surface area contributed by atoms with E-state index in [0.29, 0.717) is 22.5 Å². The average Bonchev–Trinajstić information content (AvgIpc) is 2.63. The van der Waals surface area contributed by atoms with E-state index in [4.69, 9.17) is 11.5 Å². The molecule has 0 unspecified atom stereocenters. The molecule has 0 spiro atoms. The van der Waals surface area contributed by atoms with Crippen LogP contribution in [0.3, 0.4) is 0 Å². The second-order valence-electron chi connectivity index (χ2n) is 5.25. The lowest BCUT2D eigenvalue weighted by molar-refractivity contribution is 0.0997. The van der Waals surface area contributed by atoms with Gasteiger partial charge in [0, 0.05) is 16.8 Å². The highest BCUT2D eigenvalue weighted by molar-refractivity contribution is 6.06. The number of anilines is 2. The van der Waals surface area contributed by atoms with Crippen molar-refractivity contribution in [2.24, 2.45) is 5.73 Å². The van der Waals surface area contributed by atoms with Crippen LogP contribution in [0.2, 0.25) is 0 Å². The topological polar surface area (TPSA) is 124 Å². The summed E-state index contributed by atoms with van der Waals surface area (Å²) in [6.45, 7) is 0. The minimum absolute atomic E-state index is 0.00540. The van der Waals surface area contributed by atoms with Gasteiger partial charge >= 0.3 is 0 Å². The zero-order valence-corrected chi connectivity index (χ0v) is 13.1. The molecule has 1 heterocycles. The van der Waals surface area contributed by atoms with Crippen LogP contribution in [-0.4, -0.2) is 21.8 Å². The summed E-state index contributed by atoms with van der Waals surface area (Å²) in [5.74, 6) is -1.00. The number of hydrogen-bond acceptors (Lipinski definition) is 5. The number of para-hydroxylation sites is 1. The molecular formula is C18H15N5O2. The predicted molar refractivity (Wildman–Crippen MR) is 94.8 cm³/mol. The Morgan fingerprint density at radius 2 is 1.76 bits per heavy atom. The number of benzene rings is 2. The highest BCUT2D eigenvalue weighted by Crippen LogP contribution is 2.20. The van der Waals surface area contributed by atoms with Crippen molar-refractivity contribution in [3.8, 4) is 11.3 Å². The Balaban J connectivity index is 1.94. The van der Waals surface area contributed by atoms with Crippen LogP contribution in [0.15, 0.2) is 60.8 Å². The van der Waals surface area contributed by atoms with E-state index < -0.39 is 11.8 Å². The maximum absolute atomic E-state index is 12.4. The van der Waals surface area contributed by atoms with E-state index in [1.807, 2.05) is 6.07 Å². The lowest BCUT2D eigenvalue weighted by atomic mass is 10.1. The van der Waals surface area contributed by atoms with E-state index in [1.165, 1.54) is 6.20 Å². The number of amides is 2. The number of nitrogens with one attached hydrogen (secondary N) is 1. The van der Waals surface area contributed by atoms with Gasteiger partial charge in [0.2, 0.25) is 5.91 Å². The van der Waals surface area contributed by atoms with E-state index in [9.17, 15) is 9.59 Å². The first-order valence-corrected chi connectivity index (χ1v) is 7.44. The summed E-state index contributed by atoms with van der Waals surface area (Å²) in [4.78, 5) is 32.1. The van der Waals surface area contributed by atoms with Gasteiger partial charge in [0.1, 0.15) is 0 Å². The molecule has 0 saturated carbocycles. The molecule has 0 radical (unpaired) electrons. The molecule has 3 aromatic rings. The minimum atomic E-state index is -0.549. The van der Waals surface area contributed by atoms with Crippen molar-refractivity contribution in [1.82, 2.24) is 9.97 Å². The summed E-state index contributed by atoms with van der Waals surface area (Å²) >= 11 is 0. The van der Waals surface area contributed by atoms with Crippen LogP contribution in [0.4, 0.5) is 11.5 Å². The smallest absolute Gasteiger partial charge is 0.278 e. The lowest BCUT2D eigenvalue weighted by Crippen LogP contribution is -2.17. The number of nitrogen functional groups attached to an aromatic ring is 1. The second kappa shape index (κ2) is 6.79. The van der Waals surface area contributed by atoms with Gasteiger partial charge in [0.15, 0.2) is 11.5 Å². The Labute approximate surface area is 143 Å². The normalized spacial score (nSPS) is 10.2. The van der Waals surface area contributed by atoms with Crippen LogP contribution in [0, 0.1) is 0 Å². The van der Waals surface area contributed by atoms with Gasteiger partial charge in [0.05, 0.1) is 11.9 Å². The Morgan fingerprint density at radius 3 is 2.48 bits per heavy atom. The number of hydrogen-bond donors (Lipinski definition) is 3. The molecule has 2 amide bonds. The van der Waals surface area contributed by atoms with Crippen molar-refractivity contribution >= 4 is 23.3 Å². The zero-order valence-electron chi connectivity index (χ0n) is 13.1. The molecular weight excluding hydrogens is 318 g/mol. The third kappa shape index (κ3) is 3.61. The van der Waals surface area contributed by atoms with Gasteiger partial charge in [-0.25, -0.2) is 9.97 Å². The lowest BCUT2D eigenvalue weighted by Gasteiger charge is -2.08. The van der Waals surface area contributed by atoms with Crippen LogP contribution in [0.5, 0.6) is 0 Å². The summed E-state index contributed by atoms with van der Waals surface area (Å²) in [6.07, 6.45) is 1.44. The third-order valence-electron chi connectivity index (χ3n) is 3.49. The van der Waals surface area contributed by atoms with E-state index >= 15 is 0 Å². The number of carbonyl (C=O) groups is 2. The van der Waals surface area contributed by atoms with E-state index in [1.54, 1.807) is 48.5 Å². The quantitative estimate of drug-likeness (QED) is 0.674. The molecule has 0 atom stereocenters. The average molecular weight is 333 g/mol. The van der Waals surface area contributed by atoms with Gasteiger partial charge in [-0.2, -0.15) is 0 Å². The number of carbonyl (C=O) groups excluding carboxylic acids is 2. The van der Waals surface area contributed by atoms with Crippen LogP contribution in [-0.2, 0) is 0 Å². The highest BCUT2D eigenvalue weighted by atomic mass is 16.2. The number of nitrogens with zero attached hydrogens (tertiary/aromatic N) is 2. The van der Waals surface area contributed by atoms with Gasteiger partial charge in [0.25, 0.3) is 5.91 Å². The fraction of sp³-hybridized carbons (Fsp3) is 0. The first-order chi connectivity index (χ1) is 12.0. The standard InChI is InChI=1S/C18H15N5O2/c19-16-15(18(25)22-13-7-2-1-3-8-13)23-14(10-21-16)11-5-4-6-12(9-11)17(20)24/h1-10H,(H2,19,21)(H2,20,24)(H,22,25). The maximum Gasteiger partial charge on any atom is 0.278 e. The molecule has 0 aliphatic heterocycles. The summed E-state index contributed by atoms with van der Waals surface area (Å²) in [6, 6.07) is 15.6. The molecule has 1 aromatic heterocycles. The minimum Gasteiger partial charge on any atom is -0.382 e. The van der Waals surface area contributed by atoms with E-state index in [-0.39, 0.29) is 11.5 Å². The molecule has 7 nitrogen and oxygen atoms in total. The van der Waals surface area contributed by atoms with Crippen LogP contribution in [0.1, 0.15) is 20.8 Å². The van der Waals surface area contributed by atoms with Crippen LogP contribution < -0.4 is 16.8 Å². The van der Waals surface area contributed by atoms with Crippen molar-refractivity contribution in [1.29, 1.82) is 0 Å². The maximum atomic E-state index is 12.4. The number of nitrogens with two attached hydrogens (primary N) is 2. The van der Waals surface area contributed by atoms with Crippen LogP contribution in [0.25, 0.3) is 11.3 Å². The number of aromatic nitrogens is 2. The Bertz CT molecular complexity index is 941. The van der Waals surface area contributed by atoms with Crippen LogP contribution >= 0.6 is 0 Å². The molecule has 0 aliphatic rings. The summed E-state index contributed by atoms with van der Waals surface area (Å²) in [5, 5.41) is 2.71. The SMILES string of the molecule is NC(=O)c1cccc(-c2cnc(N)c(C(=O)Nc3ccccc3)n2)c1. The Hall–Kier alpha value is -3.74. The summed E-state index contributed by atoms with van der Waals surface area (Å²) < 4.78 is 0. The second-order valence-corrected chi connectivity index (χ2v) is 5.25. The van der Waals surface area contributed by atoms with Gasteiger partial charge in [-0.1, -0.05) is 30.3 Å². The Kier molecular flexibility index (Phi) is 4.38. The van der Waals surface area contributed by atoms with Gasteiger partial charge in [-0.15, -0.1) is 0 Å². The number of rotatable bonds is 4. The van der Waals surface area contributed by atoms with Gasteiger partial charge in [-0.3, -0.25) is 9.59 Å². The van der Waals surface area contributed by atoms with Gasteiger partial charge < -0.3 is 16.8 Å². The Morgan fingerprint density at radius 1 is 1.00 bits per heavy atom. The van der Waals surface area contributed by atoms with Crippen molar-refractivity contribution in [3.05, 3.63) is 72.1 Å². The van der Waals surface area contributed by atoms with Crippen molar-refractivity contribution < 1.29 is 9.59 Å². The monoisotopic (exact) mass is 333 g/mol. The molecule has 0 saturated heterocycles. The molecule has 0 aliphatic carbocycles. The van der Waals surface area contributed by atoms with Crippen molar-refractivity contribution in [2.75, 3.05) is 11.1 Å². The third-order valence-corrected chi connectivity index (χ3v) is 3.49.